The van der Waals surface area contributed by atoms with Gasteiger partial charge in [0.1, 0.15) is 6.04 Å². The van der Waals surface area contributed by atoms with E-state index < -0.39 is 0 Å². The summed E-state index contributed by atoms with van der Waals surface area (Å²) < 4.78 is 5.03. The molecular formula is C11H21NO2. The van der Waals surface area contributed by atoms with Crippen LogP contribution in [0, 0.1) is 0 Å². The molecule has 0 radical (unpaired) electrons. The summed E-state index contributed by atoms with van der Waals surface area (Å²) >= 11 is 0. The molecule has 82 valence electrons. The third-order valence-corrected chi connectivity index (χ3v) is 3.02. The molecule has 3 nitrogen and oxygen atoms in total. The molecule has 1 fully saturated rings. The van der Waals surface area contributed by atoms with Crippen molar-refractivity contribution in [1.29, 1.82) is 0 Å². The molecule has 14 heavy (non-hydrogen) atoms. The topological polar surface area (TPSA) is 29.5 Å². The van der Waals surface area contributed by atoms with Gasteiger partial charge in [0.05, 0.1) is 6.61 Å². The third-order valence-electron chi connectivity index (χ3n) is 3.02. The van der Waals surface area contributed by atoms with Gasteiger partial charge in [-0.15, -0.1) is 0 Å². The fraction of sp³-hybridized carbons (Fsp3) is 0.909. The molecule has 0 aromatic rings. The van der Waals surface area contributed by atoms with Gasteiger partial charge >= 0.3 is 5.97 Å². The first-order valence-electron chi connectivity index (χ1n) is 5.63. The zero-order valence-corrected chi connectivity index (χ0v) is 9.45. The normalized spacial score (nSPS) is 24.9. The highest BCUT2D eigenvalue weighted by Crippen LogP contribution is 2.22. The number of hydrogen-bond acceptors (Lipinski definition) is 3. The van der Waals surface area contributed by atoms with Gasteiger partial charge in [-0.1, -0.05) is 6.92 Å². The number of carbonyl (C=O) groups is 1. The van der Waals surface area contributed by atoms with E-state index in [0.29, 0.717) is 12.6 Å². The van der Waals surface area contributed by atoms with Crippen molar-refractivity contribution >= 4 is 5.97 Å². The van der Waals surface area contributed by atoms with Crippen molar-refractivity contribution in [3.05, 3.63) is 0 Å². The van der Waals surface area contributed by atoms with E-state index in [4.69, 9.17) is 4.74 Å². The van der Waals surface area contributed by atoms with Crippen LogP contribution >= 0.6 is 0 Å². The van der Waals surface area contributed by atoms with Crippen molar-refractivity contribution in [2.45, 2.75) is 52.1 Å². The Balaban J connectivity index is 2.50. The molecule has 0 amide bonds. The van der Waals surface area contributed by atoms with Crippen molar-refractivity contribution in [2.75, 3.05) is 13.2 Å². The summed E-state index contributed by atoms with van der Waals surface area (Å²) in [6, 6.07) is 0.511. The molecule has 0 aliphatic carbocycles. The van der Waals surface area contributed by atoms with Crippen LogP contribution in [-0.2, 0) is 9.53 Å². The van der Waals surface area contributed by atoms with Crippen LogP contribution in [0.4, 0.5) is 0 Å². The van der Waals surface area contributed by atoms with Crippen molar-refractivity contribution in [2.24, 2.45) is 0 Å². The van der Waals surface area contributed by atoms with Gasteiger partial charge in [0.2, 0.25) is 0 Å². The van der Waals surface area contributed by atoms with Crippen molar-refractivity contribution < 1.29 is 9.53 Å². The second-order valence-corrected chi connectivity index (χ2v) is 3.87. The van der Waals surface area contributed by atoms with E-state index in [0.717, 1.165) is 13.0 Å². The second kappa shape index (κ2) is 5.35. The Morgan fingerprint density at radius 1 is 1.57 bits per heavy atom. The highest BCUT2D eigenvalue weighted by molar-refractivity contribution is 5.75. The Morgan fingerprint density at radius 3 is 2.86 bits per heavy atom. The molecule has 1 aliphatic heterocycles. The quantitative estimate of drug-likeness (QED) is 0.647. The number of nitrogens with zero attached hydrogens (tertiary/aromatic N) is 1. The molecule has 1 rings (SSSR count). The zero-order valence-electron chi connectivity index (χ0n) is 9.45. The fourth-order valence-corrected chi connectivity index (χ4v) is 2.20. The molecule has 0 aromatic heterocycles. The highest BCUT2D eigenvalue weighted by atomic mass is 16.5. The predicted octanol–water partition coefficient (Wildman–Crippen LogP) is 1.81. The highest BCUT2D eigenvalue weighted by Gasteiger charge is 2.31. The SMILES string of the molecule is CCOC(=O)C(C)N1CCCC1CC. The number of ether oxygens (including phenoxy) is 1. The summed E-state index contributed by atoms with van der Waals surface area (Å²) in [5.74, 6) is -0.0761. The average Bonchev–Trinajstić information content (AvgIpc) is 2.64. The molecule has 0 bridgehead atoms. The Labute approximate surface area is 86.4 Å². The molecule has 2 atom stereocenters. The summed E-state index contributed by atoms with van der Waals surface area (Å²) in [5.41, 5.74) is 0. The lowest BCUT2D eigenvalue weighted by molar-refractivity contribution is -0.149. The van der Waals surface area contributed by atoms with Crippen LogP contribution < -0.4 is 0 Å². The van der Waals surface area contributed by atoms with Crippen LogP contribution in [0.5, 0.6) is 0 Å². The van der Waals surface area contributed by atoms with Gasteiger partial charge in [0.25, 0.3) is 0 Å². The summed E-state index contributed by atoms with van der Waals surface area (Å²) in [7, 11) is 0. The van der Waals surface area contributed by atoms with Gasteiger partial charge in [-0.3, -0.25) is 9.69 Å². The minimum atomic E-state index is -0.0761. The van der Waals surface area contributed by atoms with Gasteiger partial charge in [-0.05, 0) is 39.7 Å². The number of likely N-dealkylation sites (tertiary alicyclic amines) is 1. The molecule has 1 aliphatic rings. The largest absolute Gasteiger partial charge is 0.465 e. The lowest BCUT2D eigenvalue weighted by Crippen LogP contribution is -2.42. The average molecular weight is 199 g/mol. The number of hydrogen-bond donors (Lipinski definition) is 0. The van der Waals surface area contributed by atoms with Gasteiger partial charge in [-0.25, -0.2) is 0 Å². The molecule has 0 spiro atoms. The van der Waals surface area contributed by atoms with E-state index in [1.807, 2.05) is 13.8 Å². The van der Waals surface area contributed by atoms with E-state index in [2.05, 4.69) is 11.8 Å². The monoisotopic (exact) mass is 199 g/mol. The lowest BCUT2D eigenvalue weighted by Gasteiger charge is -2.28. The summed E-state index contributed by atoms with van der Waals surface area (Å²) in [4.78, 5) is 13.8. The molecular weight excluding hydrogens is 178 g/mol. The Morgan fingerprint density at radius 2 is 2.29 bits per heavy atom. The molecule has 1 heterocycles. The molecule has 3 heteroatoms. The minimum Gasteiger partial charge on any atom is -0.465 e. The second-order valence-electron chi connectivity index (χ2n) is 3.87. The molecule has 0 saturated carbocycles. The van der Waals surface area contributed by atoms with Crippen molar-refractivity contribution in [3.63, 3.8) is 0 Å². The number of carbonyl (C=O) groups excluding carboxylic acids is 1. The maximum Gasteiger partial charge on any atom is 0.323 e. The fourth-order valence-electron chi connectivity index (χ4n) is 2.20. The minimum absolute atomic E-state index is 0.0672. The molecule has 0 aromatic carbocycles. The van der Waals surface area contributed by atoms with E-state index in [1.165, 1.54) is 12.8 Å². The van der Waals surface area contributed by atoms with Gasteiger partial charge in [0, 0.05) is 6.04 Å². The third kappa shape index (κ3) is 2.47. The van der Waals surface area contributed by atoms with Gasteiger partial charge in [-0.2, -0.15) is 0 Å². The number of esters is 1. The molecule has 1 saturated heterocycles. The van der Waals surface area contributed by atoms with Crippen molar-refractivity contribution in [1.82, 2.24) is 4.90 Å². The maximum absolute atomic E-state index is 11.5. The lowest BCUT2D eigenvalue weighted by atomic mass is 10.1. The van der Waals surface area contributed by atoms with Crippen LogP contribution in [0.15, 0.2) is 0 Å². The first-order chi connectivity index (χ1) is 6.70. The van der Waals surface area contributed by atoms with E-state index in [9.17, 15) is 4.79 Å². The summed E-state index contributed by atoms with van der Waals surface area (Å²) in [6.45, 7) is 7.50. The first-order valence-corrected chi connectivity index (χ1v) is 5.63. The summed E-state index contributed by atoms with van der Waals surface area (Å²) in [5, 5.41) is 0. The molecule has 2 unspecified atom stereocenters. The molecule has 0 N–H and O–H groups in total. The Hall–Kier alpha value is -0.570. The summed E-state index contributed by atoms with van der Waals surface area (Å²) in [6.07, 6.45) is 3.56. The van der Waals surface area contributed by atoms with E-state index in [-0.39, 0.29) is 12.0 Å². The van der Waals surface area contributed by atoms with Gasteiger partial charge in [0.15, 0.2) is 0 Å². The number of rotatable bonds is 4. The van der Waals surface area contributed by atoms with Gasteiger partial charge < -0.3 is 4.74 Å². The van der Waals surface area contributed by atoms with E-state index >= 15 is 0 Å². The standard InChI is InChI=1S/C11H21NO2/c1-4-10-7-6-8-12(10)9(3)11(13)14-5-2/h9-10H,4-8H2,1-3H3. The Bertz CT molecular complexity index is 194. The van der Waals surface area contributed by atoms with Crippen LogP contribution in [-0.4, -0.2) is 36.1 Å². The van der Waals surface area contributed by atoms with Crippen LogP contribution in [0.2, 0.25) is 0 Å². The predicted molar refractivity (Wildman–Crippen MR) is 56.1 cm³/mol. The zero-order chi connectivity index (χ0) is 10.6. The van der Waals surface area contributed by atoms with Crippen LogP contribution in [0.3, 0.4) is 0 Å². The van der Waals surface area contributed by atoms with Crippen LogP contribution in [0.25, 0.3) is 0 Å². The Kier molecular flexibility index (Phi) is 4.39. The van der Waals surface area contributed by atoms with E-state index in [1.54, 1.807) is 0 Å². The smallest absolute Gasteiger partial charge is 0.323 e. The van der Waals surface area contributed by atoms with Crippen molar-refractivity contribution in [3.8, 4) is 0 Å². The first kappa shape index (κ1) is 11.5. The maximum atomic E-state index is 11.5. The van der Waals surface area contributed by atoms with Crippen LogP contribution in [0.1, 0.15) is 40.0 Å².